The summed E-state index contributed by atoms with van der Waals surface area (Å²) in [5.74, 6) is 0.822. The maximum atomic E-state index is 10.9. The minimum atomic E-state index is -0.224. The zero-order valence-corrected chi connectivity index (χ0v) is 7.46. The zero-order valence-electron chi connectivity index (χ0n) is 7.46. The molecule has 68 valence electrons. The van der Waals surface area contributed by atoms with E-state index in [0.717, 1.165) is 11.3 Å². The molecule has 2 aromatic heterocycles. The van der Waals surface area contributed by atoms with Crippen LogP contribution in [0.3, 0.4) is 0 Å². The Morgan fingerprint density at radius 3 is 2.77 bits per heavy atom. The lowest BCUT2D eigenvalue weighted by molar-refractivity contribution is 1.08. The van der Waals surface area contributed by atoms with Crippen molar-refractivity contribution < 1.29 is 0 Å². The first kappa shape index (κ1) is 7.85. The summed E-state index contributed by atoms with van der Waals surface area (Å²) in [6.45, 7) is 0. The van der Waals surface area contributed by atoms with Gasteiger partial charge in [-0.15, -0.1) is 0 Å². The molecular formula is C8H10N4O. The van der Waals surface area contributed by atoms with Crippen LogP contribution >= 0.6 is 0 Å². The number of anilines is 1. The average molecular weight is 178 g/mol. The van der Waals surface area contributed by atoms with E-state index in [0.29, 0.717) is 5.65 Å². The molecule has 0 spiro atoms. The smallest absolute Gasteiger partial charge is 0.325 e. The van der Waals surface area contributed by atoms with Crippen LogP contribution in [-0.4, -0.2) is 29.0 Å². The van der Waals surface area contributed by atoms with Gasteiger partial charge in [0.05, 0.1) is 5.52 Å². The van der Waals surface area contributed by atoms with Gasteiger partial charge >= 0.3 is 5.69 Å². The summed E-state index contributed by atoms with van der Waals surface area (Å²) in [6.07, 6.45) is 0. The Bertz CT molecular complexity index is 482. The molecule has 5 heteroatoms. The highest BCUT2D eigenvalue weighted by atomic mass is 16.1. The number of aromatic amines is 2. The van der Waals surface area contributed by atoms with Gasteiger partial charge in [-0.2, -0.15) is 0 Å². The minimum Gasteiger partial charge on any atom is -0.363 e. The first-order valence-electron chi connectivity index (χ1n) is 3.93. The molecule has 13 heavy (non-hydrogen) atoms. The predicted octanol–water partition coefficient (Wildman–Crippen LogP) is 0.317. The van der Waals surface area contributed by atoms with E-state index in [-0.39, 0.29) is 5.69 Å². The number of pyridine rings is 1. The Balaban J connectivity index is 2.68. The molecule has 0 aromatic carbocycles. The minimum absolute atomic E-state index is 0.224. The van der Waals surface area contributed by atoms with Gasteiger partial charge < -0.3 is 9.88 Å². The van der Waals surface area contributed by atoms with E-state index >= 15 is 0 Å². The lowest BCUT2D eigenvalue weighted by Crippen LogP contribution is -2.10. The summed E-state index contributed by atoms with van der Waals surface area (Å²) in [6, 6.07) is 3.68. The highest BCUT2D eigenvalue weighted by Gasteiger charge is 2.01. The Kier molecular flexibility index (Phi) is 1.58. The van der Waals surface area contributed by atoms with Gasteiger partial charge in [0, 0.05) is 14.1 Å². The van der Waals surface area contributed by atoms with Gasteiger partial charge in [0.1, 0.15) is 5.82 Å². The second-order valence-corrected chi connectivity index (χ2v) is 3.04. The lowest BCUT2D eigenvalue weighted by atomic mass is 10.4. The third-order valence-electron chi connectivity index (χ3n) is 1.82. The van der Waals surface area contributed by atoms with Crippen molar-refractivity contribution in [3.05, 3.63) is 22.6 Å². The molecule has 0 saturated heterocycles. The van der Waals surface area contributed by atoms with Gasteiger partial charge in [0.15, 0.2) is 5.65 Å². The van der Waals surface area contributed by atoms with Crippen molar-refractivity contribution in [1.29, 1.82) is 0 Å². The van der Waals surface area contributed by atoms with Crippen molar-refractivity contribution in [2.24, 2.45) is 0 Å². The number of H-pyrrole nitrogens is 2. The standard InChI is InChI=1S/C8H10N4O/c1-12(2)6-4-3-5-7(10-6)11-8(13)9-5/h3-4H,1-2H3,(H2,9,10,11,13). The summed E-state index contributed by atoms with van der Waals surface area (Å²) in [5, 5.41) is 0. The van der Waals surface area contributed by atoms with Gasteiger partial charge in [-0.05, 0) is 12.1 Å². The molecule has 2 N–H and O–H groups in total. The molecule has 0 saturated carbocycles. The van der Waals surface area contributed by atoms with E-state index in [1.165, 1.54) is 0 Å². The molecule has 0 atom stereocenters. The third kappa shape index (κ3) is 1.28. The van der Waals surface area contributed by atoms with E-state index in [1.807, 2.05) is 31.1 Å². The molecule has 2 rings (SSSR count). The fraction of sp³-hybridized carbons (Fsp3) is 0.250. The molecular weight excluding hydrogens is 168 g/mol. The number of hydrogen-bond donors (Lipinski definition) is 2. The van der Waals surface area contributed by atoms with Crippen LogP contribution in [-0.2, 0) is 0 Å². The Morgan fingerprint density at radius 2 is 2.08 bits per heavy atom. The fourth-order valence-electron chi connectivity index (χ4n) is 1.16. The molecule has 0 unspecified atom stereocenters. The van der Waals surface area contributed by atoms with Crippen molar-refractivity contribution in [1.82, 2.24) is 15.0 Å². The van der Waals surface area contributed by atoms with Crippen molar-refractivity contribution in [2.45, 2.75) is 0 Å². The highest BCUT2D eigenvalue weighted by molar-refractivity contribution is 5.72. The molecule has 0 aliphatic heterocycles. The number of imidazole rings is 1. The van der Waals surface area contributed by atoms with Crippen molar-refractivity contribution in [3.63, 3.8) is 0 Å². The average Bonchev–Trinajstić information content (AvgIpc) is 2.42. The maximum absolute atomic E-state index is 10.9. The molecule has 2 heterocycles. The molecule has 0 bridgehead atoms. The summed E-state index contributed by atoms with van der Waals surface area (Å²) in [4.78, 5) is 22.3. The summed E-state index contributed by atoms with van der Waals surface area (Å²) < 4.78 is 0. The van der Waals surface area contributed by atoms with Crippen molar-refractivity contribution in [3.8, 4) is 0 Å². The largest absolute Gasteiger partial charge is 0.363 e. The second kappa shape index (κ2) is 2.62. The van der Waals surface area contributed by atoms with Gasteiger partial charge in [0.2, 0.25) is 0 Å². The van der Waals surface area contributed by atoms with E-state index < -0.39 is 0 Å². The van der Waals surface area contributed by atoms with Gasteiger partial charge in [-0.1, -0.05) is 0 Å². The lowest BCUT2D eigenvalue weighted by Gasteiger charge is -2.09. The maximum Gasteiger partial charge on any atom is 0.325 e. The van der Waals surface area contributed by atoms with E-state index in [2.05, 4.69) is 15.0 Å². The van der Waals surface area contributed by atoms with Gasteiger partial charge in [-0.3, -0.25) is 4.98 Å². The SMILES string of the molecule is CN(C)c1ccc2[nH]c(=O)[nH]c2n1. The number of hydrogen-bond acceptors (Lipinski definition) is 3. The topological polar surface area (TPSA) is 64.8 Å². The quantitative estimate of drug-likeness (QED) is 0.660. The molecule has 5 nitrogen and oxygen atoms in total. The van der Waals surface area contributed by atoms with Crippen LogP contribution in [0, 0.1) is 0 Å². The van der Waals surface area contributed by atoms with E-state index in [4.69, 9.17) is 0 Å². The van der Waals surface area contributed by atoms with Crippen LogP contribution in [0.2, 0.25) is 0 Å². The highest BCUT2D eigenvalue weighted by Crippen LogP contribution is 2.11. The first-order valence-corrected chi connectivity index (χ1v) is 3.93. The normalized spacial score (nSPS) is 10.6. The molecule has 0 radical (unpaired) electrons. The van der Waals surface area contributed by atoms with Crippen LogP contribution in [0.15, 0.2) is 16.9 Å². The van der Waals surface area contributed by atoms with Crippen LogP contribution in [0.25, 0.3) is 11.2 Å². The molecule has 0 amide bonds. The molecule has 0 aliphatic carbocycles. The molecule has 0 fully saturated rings. The monoisotopic (exact) mass is 178 g/mol. The number of fused-ring (bicyclic) bond motifs is 1. The Labute approximate surface area is 74.4 Å². The summed E-state index contributed by atoms with van der Waals surface area (Å²) >= 11 is 0. The summed E-state index contributed by atoms with van der Waals surface area (Å²) in [5.41, 5.74) is 1.10. The van der Waals surface area contributed by atoms with Crippen LogP contribution in [0.5, 0.6) is 0 Å². The zero-order chi connectivity index (χ0) is 9.42. The Hall–Kier alpha value is -1.78. The van der Waals surface area contributed by atoms with E-state index in [9.17, 15) is 4.79 Å². The summed E-state index contributed by atoms with van der Waals surface area (Å²) in [7, 11) is 3.80. The number of aromatic nitrogens is 3. The third-order valence-corrected chi connectivity index (χ3v) is 1.82. The van der Waals surface area contributed by atoms with Crippen molar-refractivity contribution >= 4 is 17.0 Å². The second-order valence-electron chi connectivity index (χ2n) is 3.04. The molecule has 0 aliphatic rings. The number of nitrogens with zero attached hydrogens (tertiary/aromatic N) is 2. The molecule has 2 aromatic rings. The predicted molar refractivity (Wildman–Crippen MR) is 51.0 cm³/mol. The van der Waals surface area contributed by atoms with Crippen LogP contribution in [0.4, 0.5) is 5.82 Å². The Morgan fingerprint density at radius 1 is 1.31 bits per heavy atom. The van der Waals surface area contributed by atoms with Gasteiger partial charge in [0.25, 0.3) is 0 Å². The van der Waals surface area contributed by atoms with Crippen LogP contribution in [0.1, 0.15) is 0 Å². The van der Waals surface area contributed by atoms with E-state index in [1.54, 1.807) is 0 Å². The number of nitrogens with one attached hydrogen (secondary N) is 2. The van der Waals surface area contributed by atoms with Crippen LogP contribution < -0.4 is 10.6 Å². The van der Waals surface area contributed by atoms with Crippen molar-refractivity contribution in [2.75, 3.05) is 19.0 Å². The van der Waals surface area contributed by atoms with Gasteiger partial charge in [-0.25, -0.2) is 9.78 Å². The number of rotatable bonds is 1. The fourth-order valence-corrected chi connectivity index (χ4v) is 1.16. The first-order chi connectivity index (χ1) is 6.16.